The van der Waals surface area contributed by atoms with Gasteiger partial charge in [-0.15, -0.1) is 0 Å². The average molecular weight is 348 g/mol. The molecule has 0 spiro atoms. The molecule has 5 nitrogen and oxygen atoms in total. The maximum absolute atomic E-state index is 11.8. The highest BCUT2D eigenvalue weighted by atomic mass is 35.5. The normalized spacial score (nSPS) is 15.6. The van der Waals surface area contributed by atoms with Crippen molar-refractivity contribution < 1.29 is 9.90 Å². The van der Waals surface area contributed by atoms with Gasteiger partial charge in [-0.25, -0.2) is 4.79 Å². The highest BCUT2D eigenvalue weighted by Crippen LogP contribution is 2.39. The zero-order valence-electron chi connectivity index (χ0n) is 14.4. The van der Waals surface area contributed by atoms with Gasteiger partial charge in [-0.3, -0.25) is 4.90 Å². The van der Waals surface area contributed by atoms with Crippen molar-refractivity contribution in [2.24, 2.45) is 0 Å². The second kappa shape index (κ2) is 6.84. The fourth-order valence-electron chi connectivity index (χ4n) is 2.84. The van der Waals surface area contributed by atoms with Crippen LogP contribution in [0.1, 0.15) is 38.3 Å². The second-order valence-corrected chi connectivity index (χ2v) is 7.38. The van der Waals surface area contributed by atoms with Gasteiger partial charge in [0, 0.05) is 18.6 Å². The number of carboxylic acid groups (broad SMARTS) is 1. The van der Waals surface area contributed by atoms with Crippen molar-refractivity contribution in [1.82, 2.24) is 4.90 Å². The van der Waals surface area contributed by atoms with E-state index in [1.54, 1.807) is 32.9 Å². The highest BCUT2D eigenvalue weighted by Gasteiger charge is 2.31. The van der Waals surface area contributed by atoms with Crippen molar-refractivity contribution in [1.29, 1.82) is 5.26 Å². The molecule has 0 unspecified atom stereocenters. The van der Waals surface area contributed by atoms with Crippen LogP contribution in [0.25, 0.3) is 5.57 Å². The molecule has 0 aromatic heterocycles. The molecule has 128 valence electrons. The van der Waals surface area contributed by atoms with Gasteiger partial charge < -0.3 is 10.0 Å². The molecule has 0 aliphatic carbocycles. The fourth-order valence-corrected chi connectivity index (χ4v) is 3.15. The lowest BCUT2D eigenvalue weighted by Gasteiger charge is -2.34. The molecule has 0 saturated heterocycles. The predicted octanol–water partition coefficient (Wildman–Crippen LogP) is 4.21. The highest BCUT2D eigenvalue weighted by molar-refractivity contribution is 6.35. The van der Waals surface area contributed by atoms with Crippen LogP contribution in [0.15, 0.2) is 18.2 Å². The fraction of sp³-hybridized carbons (Fsp3) is 0.444. The van der Waals surface area contributed by atoms with Crippen LogP contribution in [-0.4, -0.2) is 41.8 Å². The molecule has 2 rings (SSSR count). The number of benzene rings is 1. The van der Waals surface area contributed by atoms with Gasteiger partial charge in [0.1, 0.15) is 0 Å². The number of nitrogens with zero attached hydrogens (tertiary/aromatic N) is 3. The van der Waals surface area contributed by atoms with Crippen LogP contribution >= 0.6 is 11.6 Å². The summed E-state index contributed by atoms with van der Waals surface area (Å²) >= 11 is 6.58. The van der Waals surface area contributed by atoms with Gasteiger partial charge in [-0.2, -0.15) is 5.26 Å². The molecule has 1 amide bonds. The number of carbonyl (C=O) groups is 1. The average Bonchev–Trinajstić information content (AvgIpc) is 2.48. The van der Waals surface area contributed by atoms with Crippen LogP contribution in [0.5, 0.6) is 0 Å². The first kappa shape index (κ1) is 18.3. The maximum Gasteiger partial charge on any atom is 0.412 e. The van der Waals surface area contributed by atoms with Crippen molar-refractivity contribution in [3.63, 3.8) is 0 Å². The molecule has 1 aliphatic heterocycles. The summed E-state index contributed by atoms with van der Waals surface area (Å²) in [4.78, 5) is 15.2. The monoisotopic (exact) mass is 347 g/mol. The van der Waals surface area contributed by atoms with E-state index < -0.39 is 11.6 Å². The van der Waals surface area contributed by atoms with Gasteiger partial charge in [0.05, 0.1) is 22.3 Å². The molecule has 1 aliphatic rings. The Balaban J connectivity index is 2.64. The van der Waals surface area contributed by atoms with Gasteiger partial charge in [-0.05, 0) is 57.5 Å². The number of halogens is 1. The number of nitriles is 1. The van der Waals surface area contributed by atoms with E-state index >= 15 is 0 Å². The van der Waals surface area contributed by atoms with Crippen LogP contribution in [-0.2, 0) is 0 Å². The third kappa shape index (κ3) is 3.72. The van der Waals surface area contributed by atoms with Gasteiger partial charge in [0.15, 0.2) is 0 Å². The molecule has 1 aromatic carbocycles. The Morgan fingerprint density at radius 2 is 2.08 bits per heavy atom. The minimum absolute atomic E-state index is 0.352. The van der Waals surface area contributed by atoms with Gasteiger partial charge in [-0.1, -0.05) is 17.7 Å². The van der Waals surface area contributed by atoms with Crippen LogP contribution < -0.4 is 4.90 Å². The van der Waals surface area contributed by atoms with E-state index in [1.807, 2.05) is 7.05 Å². The molecule has 0 atom stereocenters. The lowest BCUT2D eigenvalue weighted by molar-refractivity contribution is 0.195. The van der Waals surface area contributed by atoms with Gasteiger partial charge in [0.2, 0.25) is 0 Å². The molecule has 24 heavy (non-hydrogen) atoms. The molecule has 1 N–H and O–H groups in total. The number of hydrogen-bond donors (Lipinski definition) is 1. The summed E-state index contributed by atoms with van der Waals surface area (Å²) in [6, 6.07) is 5.40. The summed E-state index contributed by atoms with van der Waals surface area (Å²) in [6.07, 6.45) is 1.80. The van der Waals surface area contributed by atoms with Crippen LogP contribution in [0.3, 0.4) is 0 Å². The molecule has 0 saturated carbocycles. The van der Waals surface area contributed by atoms with Crippen molar-refractivity contribution in [3.05, 3.63) is 34.4 Å². The molecular formula is C18H22ClN3O2. The molecule has 0 radical (unpaired) electrons. The summed E-state index contributed by atoms with van der Waals surface area (Å²) in [6.45, 7) is 7.09. The van der Waals surface area contributed by atoms with E-state index in [1.165, 1.54) is 4.90 Å². The first-order valence-corrected chi connectivity index (χ1v) is 8.17. The molecular weight excluding hydrogens is 326 g/mol. The first-order chi connectivity index (χ1) is 11.1. The lowest BCUT2D eigenvalue weighted by atomic mass is 9.95. The van der Waals surface area contributed by atoms with Gasteiger partial charge in [0.25, 0.3) is 0 Å². The lowest BCUT2D eigenvalue weighted by Crippen LogP contribution is -2.45. The van der Waals surface area contributed by atoms with E-state index in [9.17, 15) is 15.2 Å². The minimum atomic E-state index is -1.09. The summed E-state index contributed by atoms with van der Waals surface area (Å²) in [5.41, 5.74) is 1.87. The Labute approximate surface area is 147 Å². The van der Waals surface area contributed by atoms with Crippen molar-refractivity contribution in [2.45, 2.75) is 32.7 Å². The first-order valence-electron chi connectivity index (χ1n) is 7.80. The number of amides is 1. The van der Waals surface area contributed by atoms with Crippen LogP contribution in [0, 0.1) is 11.3 Å². The smallest absolute Gasteiger partial charge is 0.412 e. The van der Waals surface area contributed by atoms with Crippen LogP contribution in [0.4, 0.5) is 10.5 Å². The minimum Gasteiger partial charge on any atom is -0.465 e. The number of rotatable bonds is 2. The Kier molecular flexibility index (Phi) is 5.22. The quantitative estimate of drug-likeness (QED) is 0.870. The van der Waals surface area contributed by atoms with E-state index in [0.29, 0.717) is 16.3 Å². The molecule has 0 bridgehead atoms. The third-order valence-electron chi connectivity index (χ3n) is 4.04. The van der Waals surface area contributed by atoms with Gasteiger partial charge >= 0.3 is 6.09 Å². The Hall–Kier alpha value is -2.03. The molecule has 6 heteroatoms. The SMILES string of the molecule is CN1CC=C(c2cc(C#N)cc(N(C(=O)O)C(C)(C)C)c2Cl)CC1. The third-order valence-corrected chi connectivity index (χ3v) is 4.44. The van der Waals surface area contributed by atoms with E-state index in [4.69, 9.17) is 11.6 Å². The number of likely N-dealkylation sites (N-methyl/N-ethyl adjacent to an activating group) is 1. The summed E-state index contributed by atoms with van der Waals surface area (Å²) in [7, 11) is 2.04. The zero-order valence-corrected chi connectivity index (χ0v) is 15.2. The predicted molar refractivity (Wildman–Crippen MR) is 96.5 cm³/mol. The summed E-state index contributed by atoms with van der Waals surface area (Å²) in [5, 5.41) is 19.4. The Bertz CT molecular complexity index is 729. The second-order valence-electron chi connectivity index (χ2n) is 7.00. The van der Waals surface area contributed by atoms with Crippen LogP contribution in [0.2, 0.25) is 5.02 Å². The summed E-state index contributed by atoms with van der Waals surface area (Å²) in [5.74, 6) is 0. The maximum atomic E-state index is 11.8. The Morgan fingerprint density at radius 1 is 1.42 bits per heavy atom. The standard InChI is InChI=1S/C18H22ClN3O2/c1-18(2,3)22(17(23)24)15-10-12(11-20)9-14(16(15)19)13-5-7-21(4)8-6-13/h5,9-10H,6-8H2,1-4H3,(H,23,24). The molecule has 0 fully saturated rings. The number of hydrogen-bond acceptors (Lipinski definition) is 3. The van der Waals surface area contributed by atoms with E-state index in [-0.39, 0.29) is 0 Å². The van der Waals surface area contributed by atoms with Crippen molar-refractivity contribution in [3.8, 4) is 6.07 Å². The molecule has 1 heterocycles. The largest absolute Gasteiger partial charge is 0.465 e. The number of anilines is 1. The molecule has 1 aromatic rings. The van der Waals surface area contributed by atoms with E-state index in [2.05, 4.69) is 17.0 Å². The van der Waals surface area contributed by atoms with E-state index in [0.717, 1.165) is 30.6 Å². The Morgan fingerprint density at radius 3 is 2.54 bits per heavy atom. The zero-order chi connectivity index (χ0) is 18.1. The summed E-state index contributed by atoms with van der Waals surface area (Å²) < 4.78 is 0. The van der Waals surface area contributed by atoms with Crippen molar-refractivity contribution >= 4 is 29.0 Å². The topological polar surface area (TPSA) is 67.6 Å². The van der Waals surface area contributed by atoms with Crippen molar-refractivity contribution in [2.75, 3.05) is 25.0 Å².